The number of nitrogens with zero attached hydrogens (tertiary/aromatic N) is 1. The maximum Gasteiger partial charge on any atom is 0.270 e. The Labute approximate surface area is 131 Å². The van der Waals surface area contributed by atoms with Gasteiger partial charge in [-0.3, -0.25) is 9.78 Å². The van der Waals surface area contributed by atoms with E-state index >= 15 is 0 Å². The van der Waals surface area contributed by atoms with Crippen molar-refractivity contribution in [2.45, 2.75) is 45.6 Å². The van der Waals surface area contributed by atoms with Gasteiger partial charge in [0.2, 0.25) is 0 Å². The first-order chi connectivity index (χ1) is 9.99. The molecule has 1 aromatic rings. The zero-order valence-corrected chi connectivity index (χ0v) is 13.5. The molecule has 114 valence electrons. The van der Waals surface area contributed by atoms with Crippen molar-refractivity contribution in [1.29, 1.82) is 0 Å². The highest BCUT2D eigenvalue weighted by Gasteiger charge is 2.29. The van der Waals surface area contributed by atoms with Crippen LogP contribution in [0.3, 0.4) is 0 Å². The van der Waals surface area contributed by atoms with E-state index in [-0.39, 0.29) is 11.9 Å². The molecule has 0 aromatic carbocycles. The third kappa shape index (κ3) is 4.00. The molecule has 1 aliphatic rings. The summed E-state index contributed by atoms with van der Waals surface area (Å²) in [5.74, 6) is 1.03. The summed E-state index contributed by atoms with van der Waals surface area (Å²) in [6.45, 7) is 4.45. The van der Waals surface area contributed by atoms with Crippen LogP contribution in [0.25, 0.3) is 0 Å². The van der Waals surface area contributed by atoms with Gasteiger partial charge in [0.05, 0.1) is 0 Å². The van der Waals surface area contributed by atoms with E-state index in [1.165, 1.54) is 19.3 Å². The minimum absolute atomic E-state index is 0.109. The lowest BCUT2D eigenvalue weighted by Gasteiger charge is -2.34. The van der Waals surface area contributed by atoms with Gasteiger partial charge in [0.25, 0.3) is 5.91 Å². The Morgan fingerprint density at radius 3 is 2.67 bits per heavy atom. The first-order valence-corrected chi connectivity index (χ1v) is 7.96. The van der Waals surface area contributed by atoms with Crippen LogP contribution >= 0.6 is 12.2 Å². The van der Waals surface area contributed by atoms with Crippen molar-refractivity contribution in [3.05, 3.63) is 29.6 Å². The number of carbonyl (C=O) groups is 1. The van der Waals surface area contributed by atoms with Gasteiger partial charge in [0.15, 0.2) is 0 Å². The lowest BCUT2D eigenvalue weighted by atomic mass is 9.78. The van der Waals surface area contributed by atoms with Gasteiger partial charge in [0, 0.05) is 17.8 Å². The lowest BCUT2D eigenvalue weighted by molar-refractivity contribution is 0.0884. The minimum Gasteiger partial charge on any atom is -0.389 e. The van der Waals surface area contributed by atoms with E-state index in [1.807, 2.05) is 0 Å². The van der Waals surface area contributed by atoms with Gasteiger partial charge in [0.1, 0.15) is 10.7 Å². The maximum absolute atomic E-state index is 12.3. The summed E-state index contributed by atoms with van der Waals surface area (Å²) in [6.07, 6.45) is 6.24. The van der Waals surface area contributed by atoms with Gasteiger partial charge in [-0.15, -0.1) is 0 Å². The van der Waals surface area contributed by atoms with Crippen LogP contribution in [0.15, 0.2) is 18.3 Å². The van der Waals surface area contributed by atoms with Crippen LogP contribution in [0.5, 0.6) is 0 Å². The number of carbonyl (C=O) groups excluding carboxylic acids is 1. The van der Waals surface area contributed by atoms with Gasteiger partial charge >= 0.3 is 0 Å². The number of aromatic nitrogens is 1. The van der Waals surface area contributed by atoms with Crippen molar-refractivity contribution in [2.75, 3.05) is 0 Å². The molecule has 2 rings (SSSR count). The van der Waals surface area contributed by atoms with E-state index in [2.05, 4.69) is 24.1 Å². The Morgan fingerprint density at radius 1 is 1.38 bits per heavy atom. The molecule has 0 radical (unpaired) electrons. The number of hydrogen-bond acceptors (Lipinski definition) is 3. The summed E-state index contributed by atoms with van der Waals surface area (Å²) in [4.78, 5) is 16.8. The quantitative estimate of drug-likeness (QED) is 0.839. The molecule has 1 aliphatic carbocycles. The van der Waals surface area contributed by atoms with Crippen LogP contribution in [-0.2, 0) is 0 Å². The molecule has 1 amide bonds. The Kier molecular flexibility index (Phi) is 5.28. The Hall–Kier alpha value is -1.49. The van der Waals surface area contributed by atoms with E-state index < -0.39 is 0 Å². The van der Waals surface area contributed by atoms with Crippen molar-refractivity contribution >= 4 is 23.1 Å². The molecule has 0 saturated heterocycles. The highest BCUT2D eigenvalue weighted by molar-refractivity contribution is 7.80. The van der Waals surface area contributed by atoms with E-state index in [0.717, 1.165) is 6.42 Å². The standard InChI is InChI=1S/C16H23N3OS/c1-10(2)12-5-3-4-6-13(12)19-16(20)14-8-7-11(9-18-14)15(17)21/h7-10,12-13H,3-6H2,1-2H3,(H2,17,21)(H,19,20). The predicted molar refractivity (Wildman–Crippen MR) is 88.2 cm³/mol. The van der Waals surface area contributed by atoms with E-state index in [9.17, 15) is 4.79 Å². The van der Waals surface area contributed by atoms with Crippen molar-refractivity contribution < 1.29 is 4.79 Å². The smallest absolute Gasteiger partial charge is 0.270 e. The van der Waals surface area contributed by atoms with Gasteiger partial charge in [-0.05, 0) is 36.8 Å². The third-order valence-electron chi connectivity index (χ3n) is 4.27. The number of nitrogens with two attached hydrogens (primary N) is 1. The van der Waals surface area contributed by atoms with Gasteiger partial charge < -0.3 is 11.1 Å². The molecular weight excluding hydrogens is 282 g/mol. The zero-order valence-electron chi connectivity index (χ0n) is 12.6. The minimum atomic E-state index is -0.109. The normalized spacial score (nSPS) is 22.0. The van der Waals surface area contributed by atoms with Crippen molar-refractivity contribution in [3.8, 4) is 0 Å². The summed E-state index contributed by atoms with van der Waals surface area (Å²) in [5, 5.41) is 3.15. The summed E-state index contributed by atoms with van der Waals surface area (Å²) < 4.78 is 0. The zero-order chi connectivity index (χ0) is 15.4. The average Bonchev–Trinajstić information content (AvgIpc) is 2.47. The predicted octanol–water partition coefficient (Wildman–Crippen LogP) is 2.66. The van der Waals surface area contributed by atoms with Crippen molar-refractivity contribution in [1.82, 2.24) is 10.3 Å². The van der Waals surface area contributed by atoms with E-state index in [0.29, 0.717) is 28.1 Å². The molecule has 1 aromatic heterocycles. The second-order valence-corrected chi connectivity index (χ2v) is 6.51. The Balaban J connectivity index is 2.04. The average molecular weight is 305 g/mol. The fourth-order valence-corrected chi connectivity index (χ4v) is 3.17. The highest BCUT2D eigenvalue weighted by atomic mass is 32.1. The first kappa shape index (κ1) is 15.9. The number of hydrogen-bond donors (Lipinski definition) is 2. The topological polar surface area (TPSA) is 68.0 Å². The van der Waals surface area contributed by atoms with E-state index in [1.54, 1.807) is 18.3 Å². The van der Waals surface area contributed by atoms with Gasteiger partial charge in [-0.1, -0.05) is 38.9 Å². The van der Waals surface area contributed by atoms with E-state index in [4.69, 9.17) is 18.0 Å². The Bertz CT molecular complexity index is 513. The summed E-state index contributed by atoms with van der Waals surface area (Å²) in [6, 6.07) is 3.67. The number of rotatable bonds is 4. The first-order valence-electron chi connectivity index (χ1n) is 7.55. The molecule has 5 heteroatoms. The molecule has 2 unspecified atom stereocenters. The molecular formula is C16H23N3OS. The van der Waals surface area contributed by atoms with Crippen molar-refractivity contribution in [3.63, 3.8) is 0 Å². The summed E-state index contributed by atoms with van der Waals surface area (Å²) >= 11 is 4.88. The number of pyridine rings is 1. The molecule has 0 bridgehead atoms. The lowest BCUT2D eigenvalue weighted by Crippen LogP contribution is -2.44. The second kappa shape index (κ2) is 6.98. The molecule has 2 atom stereocenters. The maximum atomic E-state index is 12.3. The molecule has 1 heterocycles. The van der Waals surface area contributed by atoms with Crippen molar-refractivity contribution in [2.24, 2.45) is 17.6 Å². The number of amides is 1. The largest absolute Gasteiger partial charge is 0.389 e. The Morgan fingerprint density at radius 2 is 2.10 bits per heavy atom. The summed E-state index contributed by atoms with van der Waals surface area (Å²) in [5.41, 5.74) is 6.63. The van der Waals surface area contributed by atoms with Crippen LogP contribution in [0.4, 0.5) is 0 Å². The fourth-order valence-electron chi connectivity index (χ4n) is 3.05. The third-order valence-corrected chi connectivity index (χ3v) is 4.51. The number of nitrogens with one attached hydrogen (secondary N) is 1. The van der Waals surface area contributed by atoms with Crippen LogP contribution < -0.4 is 11.1 Å². The SMILES string of the molecule is CC(C)C1CCCCC1NC(=O)c1ccc(C(N)=S)cn1. The molecule has 0 spiro atoms. The van der Waals surface area contributed by atoms with Crippen LogP contribution in [-0.4, -0.2) is 21.9 Å². The molecule has 3 N–H and O–H groups in total. The van der Waals surface area contributed by atoms with Crippen LogP contribution in [0.2, 0.25) is 0 Å². The molecule has 4 nitrogen and oxygen atoms in total. The van der Waals surface area contributed by atoms with Gasteiger partial charge in [-0.25, -0.2) is 0 Å². The van der Waals surface area contributed by atoms with Crippen LogP contribution in [0, 0.1) is 11.8 Å². The molecule has 1 fully saturated rings. The van der Waals surface area contributed by atoms with Crippen LogP contribution in [0.1, 0.15) is 55.6 Å². The second-order valence-electron chi connectivity index (χ2n) is 6.07. The fraction of sp³-hybridized carbons (Fsp3) is 0.562. The molecule has 1 saturated carbocycles. The van der Waals surface area contributed by atoms with Gasteiger partial charge in [-0.2, -0.15) is 0 Å². The molecule has 21 heavy (non-hydrogen) atoms. The highest BCUT2D eigenvalue weighted by Crippen LogP contribution is 2.30. The summed E-state index contributed by atoms with van der Waals surface area (Å²) in [7, 11) is 0. The molecule has 0 aliphatic heterocycles. The number of thiocarbonyl (C=S) groups is 1. The monoisotopic (exact) mass is 305 g/mol.